The standard InChI is InChI=1S/C20H23N13O12P2/c21-14-9-15(25-3-24-14)32(4-26-9)18-12-8(30-31-23)6(42-18)1-40-47(38,39)45-13-11(34)7(2-41-46(36,37)44-12)43-19(13)33-5-27-10-16(33)28-20(22)29-17(10)35/h3-8,11-13,18-19,34H,1-2H2,(H,36,37)(H,38,39)(H2,21,24,25)(H3,22,28,29,35)/t6-,7-,8-,11-,12-,13-,18-,19-/m1/s1. The first-order valence-electron chi connectivity index (χ1n) is 13.4. The van der Waals surface area contributed by atoms with Crippen molar-refractivity contribution in [2.75, 3.05) is 24.7 Å². The van der Waals surface area contributed by atoms with E-state index in [0.717, 1.165) is 17.2 Å². The number of imidazole rings is 2. The highest BCUT2D eigenvalue weighted by Gasteiger charge is 2.54. The quantitative estimate of drug-likeness (QED) is 0.0644. The third-order valence-electron chi connectivity index (χ3n) is 7.51. The fourth-order valence-corrected chi connectivity index (χ4v) is 7.34. The summed E-state index contributed by atoms with van der Waals surface area (Å²) >= 11 is 0. The molecule has 4 aromatic rings. The predicted octanol–water partition coefficient (Wildman–Crippen LogP) is -1.02. The maximum atomic E-state index is 13.3. The van der Waals surface area contributed by atoms with Crippen molar-refractivity contribution in [3.8, 4) is 0 Å². The second-order valence-corrected chi connectivity index (χ2v) is 13.2. The van der Waals surface area contributed by atoms with Crippen LogP contribution >= 0.6 is 15.6 Å². The Morgan fingerprint density at radius 1 is 0.936 bits per heavy atom. The van der Waals surface area contributed by atoms with Gasteiger partial charge in [0.15, 0.2) is 35.1 Å². The lowest BCUT2D eigenvalue weighted by Gasteiger charge is -2.26. The molecule has 3 saturated heterocycles. The summed E-state index contributed by atoms with van der Waals surface area (Å²) in [6.07, 6.45) is -7.60. The van der Waals surface area contributed by atoms with E-state index in [4.69, 9.17) is 39.0 Å². The molecule has 0 radical (unpaired) electrons. The molecule has 3 fully saturated rings. The van der Waals surface area contributed by atoms with Crippen molar-refractivity contribution in [3.05, 3.63) is 39.8 Å². The van der Waals surface area contributed by atoms with Crippen molar-refractivity contribution >= 4 is 49.7 Å². The zero-order valence-corrected chi connectivity index (χ0v) is 25.1. The molecular formula is C20H23N13O12P2. The minimum Gasteiger partial charge on any atom is -0.387 e. The lowest BCUT2D eigenvalue weighted by atomic mass is 10.1. The molecule has 25 nitrogen and oxygen atoms in total. The predicted molar refractivity (Wildman–Crippen MR) is 150 cm³/mol. The number of hydrogen-bond acceptors (Lipinski definition) is 18. The third kappa shape index (κ3) is 5.63. The van der Waals surface area contributed by atoms with Crippen molar-refractivity contribution in [1.82, 2.24) is 39.0 Å². The number of aliphatic hydroxyl groups excluding tert-OH is 1. The number of rotatable bonds is 3. The summed E-state index contributed by atoms with van der Waals surface area (Å²) in [5.41, 5.74) is 20.1. The van der Waals surface area contributed by atoms with Crippen LogP contribution in [0.3, 0.4) is 0 Å². The smallest absolute Gasteiger partial charge is 0.387 e. The van der Waals surface area contributed by atoms with E-state index >= 15 is 0 Å². The molecule has 3 aliphatic heterocycles. The molecule has 10 atom stereocenters. The fraction of sp³-hybridized carbons (Fsp3) is 0.500. The van der Waals surface area contributed by atoms with Crippen LogP contribution in [0, 0.1) is 0 Å². The first-order chi connectivity index (χ1) is 22.4. The molecule has 7 rings (SSSR count). The zero-order chi connectivity index (χ0) is 33.2. The molecule has 0 amide bonds. The SMILES string of the molecule is [N-]=[N+]=N[C@H]1[C@H]2OP(=O)(O)OC[C@H]3O[C@@H](n4cnc5c(=O)[nH]c(N)nc54)[C@H](OP(=O)(O)OC[C@H]1O[C@H]2n1cnc2c(N)ncnc21)[C@@H]3O. The third-order valence-corrected chi connectivity index (χ3v) is 9.48. The Balaban J connectivity index is 1.26. The van der Waals surface area contributed by atoms with Crippen LogP contribution < -0.4 is 17.0 Å². The molecule has 27 heteroatoms. The summed E-state index contributed by atoms with van der Waals surface area (Å²) in [6.45, 7) is -1.66. The summed E-state index contributed by atoms with van der Waals surface area (Å²) in [6, 6.07) is -1.47. The van der Waals surface area contributed by atoms with Gasteiger partial charge in [-0.3, -0.25) is 37.0 Å². The summed E-state index contributed by atoms with van der Waals surface area (Å²) < 4.78 is 62.0. The number of anilines is 2. The molecule has 7 heterocycles. The average Bonchev–Trinajstić information content (AvgIpc) is 3.76. The number of aromatic amines is 1. The number of azide groups is 1. The molecule has 0 aromatic carbocycles. The van der Waals surface area contributed by atoms with Gasteiger partial charge in [-0.2, -0.15) is 4.98 Å². The monoisotopic (exact) mass is 699 g/mol. The molecular weight excluding hydrogens is 676 g/mol. The normalized spacial score (nSPS) is 36.3. The van der Waals surface area contributed by atoms with Crippen LogP contribution in [0.15, 0.2) is 28.9 Å². The van der Waals surface area contributed by atoms with Crippen LogP contribution in [0.5, 0.6) is 0 Å². The van der Waals surface area contributed by atoms with Gasteiger partial charge in [0.2, 0.25) is 5.95 Å². The van der Waals surface area contributed by atoms with Gasteiger partial charge in [-0.15, -0.1) is 0 Å². The minimum absolute atomic E-state index is 0.00488. The lowest BCUT2D eigenvalue weighted by molar-refractivity contribution is -0.0673. The molecule has 4 bridgehead atoms. The van der Waals surface area contributed by atoms with Crippen molar-refractivity contribution in [2.45, 2.75) is 49.0 Å². The molecule has 8 N–H and O–H groups in total. The number of ether oxygens (including phenoxy) is 2. The topological polar surface area (TPSA) is 358 Å². The molecule has 250 valence electrons. The largest absolute Gasteiger partial charge is 0.472 e. The minimum atomic E-state index is -5.14. The van der Waals surface area contributed by atoms with E-state index in [1.54, 1.807) is 0 Å². The second-order valence-electron chi connectivity index (χ2n) is 10.3. The van der Waals surface area contributed by atoms with Crippen molar-refractivity contribution in [1.29, 1.82) is 0 Å². The van der Waals surface area contributed by atoms with Gasteiger partial charge in [-0.1, -0.05) is 5.11 Å². The fourth-order valence-electron chi connectivity index (χ4n) is 5.48. The van der Waals surface area contributed by atoms with Crippen LogP contribution in [0.25, 0.3) is 32.8 Å². The van der Waals surface area contributed by atoms with Gasteiger partial charge in [0.05, 0.1) is 38.0 Å². The molecule has 0 saturated carbocycles. The molecule has 0 spiro atoms. The van der Waals surface area contributed by atoms with E-state index in [9.17, 15) is 34.3 Å². The van der Waals surface area contributed by atoms with Crippen molar-refractivity contribution in [2.24, 2.45) is 5.11 Å². The van der Waals surface area contributed by atoms with E-state index in [2.05, 4.69) is 39.9 Å². The Hall–Kier alpha value is -4.09. The van der Waals surface area contributed by atoms with Crippen LogP contribution in [0.4, 0.5) is 11.8 Å². The Kier molecular flexibility index (Phi) is 7.75. The van der Waals surface area contributed by atoms with E-state index in [1.165, 1.54) is 10.9 Å². The molecule has 4 aromatic heterocycles. The van der Waals surface area contributed by atoms with Gasteiger partial charge in [-0.25, -0.2) is 29.1 Å². The second kappa shape index (κ2) is 11.6. The van der Waals surface area contributed by atoms with Gasteiger partial charge in [0, 0.05) is 4.91 Å². The number of nitrogens with zero attached hydrogens (tertiary/aromatic N) is 10. The first kappa shape index (κ1) is 31.5. The van der Waals surface area contributed by atoms with Crippen LogP contribution in [0.2, 0.25) is 0 Å². The Morgan fingerprint density at radius 2 is 1.55 bits per heavy atom. The number of nitrogen functional groups attached to an aromatic ring is 2. The summed E-state index contributed by atoms with van der Waals surface area (Å²) in [5.74, 6) is -0.291. The molecule has 47 heavy (non-hydrogen) atoms. The van der Waals surface area contributed by atoms with Gasteiger partial charge in [0.25, 0.3) is 5.56 Å². The number of aromatic nitrogens is 8. The number of phosphoric ester groups is 2. The van der Waals surface area contributed by atoms with E-state index in [0.29, 0.717) is 0 Å². The maximum Gasteiger partial charge on any atom is 0.472 e. The van der Waals surface area contributed by atoms with Crippen LogP contribution in [-0.2, 0) is 36.7 Å². The van der Waals surface area contributed by atoms with Crippen molar-refractivity contribution in [3.63, 3.8) is 0 Å². The molecule has 3 aliphatic rings. The molecule has 2 unspecified atom stereocenters. The number of aliphatic hydroxyl groups is 1. The number of hydrogen-bond donors (Lipinski definition) is 6. The number of fused-ring (bicyclic) bond motifs is 6. The van der Waals surface area contributed by atoms with Gasteiger partial charge < -0.3 is 35.8 Å². The average molecular weight is 699 g/mol. The number of phosphoric acid groups is 2. The highest BCUT2D eigenvalue weighted by molar-refractivity contribution is 7.47. The summed E-state index contributed by atoms with van der Waals surface area (Å²) in [4.78, 5) is 59.0. The summed E-state index contributed by atoms with van der Waals surface area (Å²) in [7, 11) is -10.3. The first-order valence-corrected chi connectivity index (χ1v) is 16.3. The highest BCUT2D eigenvalue weighted by atomic mass is 31.2. The lowest BCUT2D eigenvalue weighted by Crippen LogP contribution is -2.37. The van der Waals surface area contributed by atoms with E-state index in [1.807, 2.05) is 0 Å². The maximum absolute atomic E-state index is 13.3. The molecule has 0 aliphatic carbocycles. The zero-order valence-electron chi connectivity index (χ0n) is 23.3. The Bertz CT molecular complexity index is 2070. The van der Waals surface area contributed by atoms with E-state index in [-0.39, 0.29) is 34.1 Å². The number of nitrogens with two attached hydrogens (primary N) is 2. The highest BCUT2D eigenvalue weighted by Crippen LogP contribution is 2.54. The number of nitrogens with one attached hydrogen (secondary N) is 1. The van der Waals surface area contributed by atoms with Crippen LogP contribution in [-0.4, -0.2) is 104 Å². The van der Waals surface area contributed by atoms with Crippen molar-refractivity contribution < 1.29 is 51.6 Å². The van der Waals surface area contributed by atoms with Gasteiger partial charge >= 0.3 is 15.6 Å². The summed E-state index contributed by atoms with van der Waals surface area (Å²) in [5, 5.41) is 14.7. The van der Waals surface area contributed by atoms with Crippen LogP contribution in [0.1, 0.15) is 12.5 Å². The van der Waals surface area contributed by atoms with E-state index < -0.39 is 83.4 Å². The van der Waals surface area contributed by atoms with Gasteiger partial charge in [0.1, 0.15) is 36.3 Å². The van der Waals surface area contributed by atoms with Gasteiger partial charge in [-0.05, 0) is 5.53 Å². The number of H-pyrrole nitrogens is 1. The Morgan fingerprint density at radius 3 is 2.28 bits per heavy atom. The Labute approximate surface area is 259 Å².